The molecule has 1 amide bonds. The second kappa shape index (κ2) is 11.0. The number of nitrogens with one attached hydrogen (secondary N) is 1. The third-order valence-electron chi connectivity index (χ3n) is 7.12. The molecule has 0 spiro atoms. The number of anilines is 1. The van der Waals surface area contributed by atoms with E-state index in [9.17, 15) is 18.3 Å². The van der Waals surface area contributed by atoms with E-state index in [2.05, 4.69) is 25.0 Å². The highest BCUT2D eigenvalue weighted by Gasteiger charge is 2.39. The molecule has 0 aromatic heterocycles. The normalized spacial score (nSPS) is 18.2. The van der Waals surface area contributed by atoms with E-state index in [-0.39, 0.29) is 31.0 Å². The fourth-order valence-electron chi connectivity index (χ4n) is 4.95. The monoisotopic (exact) mass is 577 g/mol. The van der Waals surface area contributed by atoms with Gasteiger partial charge in [-0.2, -0.15) is 8.42 Å². The van der Waals surface area contributed by atoms with Crippen LogP contribution in [0.25, 0.3) is 0 Å². The van der Waals surface area contributed by atoms with Gasteiger partial charge in [0.2, 0.25) is 5.88 Å². The van der Waals surface area contributed by atoms with Crippen molar-refractivity contribution in [3.8, 4) is 5.75 Å². The van der Waals surface area contributed by atoms with Crippen molar-refractivity contribution in [2.24, 2.45) is 0 Å². The molecule has 0 bridgehead atoms. The van der Waals surface area contributed by atoms with Crippen molar-refractivity contribution in [1.82, 2.24) is 9.62 Å². The van der Waals surface area contributed by atoms with Gasteiger partial charge in [-0.25, -0.2) is 8.61 Å². The van der Waals surface area contributed by atoms with Gasteiger partial charge in [0.05, 0.1) is 6.20 Å². The number of aliphatic hydroxyl groups is 1. The fraction of sp³-hybridized carbons (Fsp3) is 0.300. The topological polar surface area (TPSA) is 99.2 Å². The Labute approximate surface area is 237 Å². The highest BCUT2D eigenvalue weighted by Crippen LogP contribution is 2.38. The summed E-state index contributed by atoms with van der Waals surface area (Å²) < 4.78 is 35.5. The molecule has 0 fully saturated rings. The fourth-order valence-corrected chi connectivity index (χ4v) is 7.45. The lowest BCUT2D eigenvalue weighted by Crippen LogP contribution is -2.42. The van der Waals surface area contributed by atoms with Gasteiger partial charge in [-0.3, -0.25) is 4.79 Å². The van der Waals surface area contributed by atoms with Crippen molar-refractivity contribution in [2.75, 3.05) is 10.8 Å². The number of hydrogen-bond acceptors (Lipinski definition) is 5. The minimum Gasteiger partial charge on any atom is -0.493 e. The Kier molecular flexibility index (Phi) is 7.65. The van der Waals surface area contributed by atoms with Crippen LogP contribution in [0.15, 0.2) is 84.9 Å². The van der Waals surface area contributed by atoms with E-state index in [1.165, 1.54) is 6.20 Å². The number of rotatable bonds is 9. The zero-order valence-corrected chi connectivity index (χ0v) is 24.8. The van der Waals surface area contributed by atoms with E-state index in [4.69, 9.17) is 4.74 Å². The first-order valence-corrected chi connectivity index (χ1v) is 18.5. The van der Waals surface area contributed by atoms with E-state index in [1.54, 1.807) is 6.07 Å². The Morgan fingerprint density at radius 2 is 1.73 bits per heavy atom. The van der Waals surface area contributed by atoms with Gasteiger partial charge >= 0.3 is 10.2 Å². The molecular formula is C30H35N3O5SSi. The SMILES string of the molecule is C[Si](C)(C)CCN1C(O)=CN(c2ccc(C[C@@H]3Cc4ccccc4C(=O)N3)cc2OCc2ccccc2)S1(=O)=O. The highest BCUT2D eigenvalue weighted by atomic mass is 32.2. The van der Waals surface area contributed by atoms with Gasteiger partial charge in [-0.05, 0) is 53.8 Å². The van der Waals surface area contributed by atoms with Gasteiger partial charge in [0, 0.05) is 26.2 Å². The number of carbonyl (C=O) groups is 1. The van der Waals surface area contributed by atoms with Crippen LogP contribution >= 0.6 is 0 Å². The van der Waals surface area contributed by atoms with E-state index in [1.807, 2.05) is 66.7 Å². The van der Waals surface area contributed by atoms with Crippen LogP contribution in [0.3, 0.4) is 0 Å². The van der Waals surface area contributed by atoms with Crippen LogP contribution in [0.1, 0.15) is 27.0 Å². The van der Waals surface area contributed by atoms with Crippen molar-refractivity contribution < 1.29 is 23.1 Å². The third-order valence-corrected chi connectivity index (χ3v) is 10.6. The van der Waals surface area contributed by atoms with Crippen molar-refractivity contribution >= 4 is 29.9 Å². The summed E-state index contributed by atoms with van der Waals surface area (Å²) in [6.45, 7) is 6.95. The first kappa shape index (κ1) is 27.8. The number of hydrogen-bond donors (Lipinski definition) is 2. The molecule has 40 heavy (non-hydrogen) atoms. The van der Waals surface area contributed by atoms with E-state index in [0.717, 1.165) is 25.3 Å². The Balaban J connectivity index is 1.43. The average molecular weight is 578 g/mol. The summed E-state index contributed by atoms with van der Waals surface area (Å²) >= 11 is 0. The summed E-state index contributed by atoms with van der Waals surface area (Å²) in [4.78, 5) is 12.6. The molecule has 2 aliphatic heterocycles. The van der Waals surface area contributed by atoms with Crippen molar-refractivity contribution in [3.05, 3.63) is 107 Å². The summed E-state index contributed by atoms with van der Waals surface area (Å²) in [6, 6.07) is 23.2. The first-order chi connectivity index (χ1) is 19.0. The minimum absolute atomic E-state index is 0.0915. The molecule has 210 valence electrons. The summed E-state index contributed by atoms with van der Waals surface area (Å²) in [5.74, 6) is -0.0188. The molecule has 0 saturated carbocycles. The van der Waals surface area contributed by atoms with Gasteiger partial charge in [0.15, 0.2) is 0 Å². The van der Waals surface area contributed by atoms with Crippen LogP contribution in [-0.2, 0) is 29.7 Å². The van der Waals surface area contributed by atoms with Gasteiger partial charge in [-0.15, -0.1) is 0 Å². The number of nitrogens with zero attached hydrogens (tertiary/aromatic N) is 2. The van der Waals surface area contributed by atoms with Gasteiger partial charge < -0.3 is 15.2 Å². The average Bonchev–Trinajstić information content (AvgIpc) is 3.13. The Hall–Kier alpha value is -3.76. The number of carbonyl (C=O) groups excluding carboxylic acids is 1. The van der Waals surface area contributed by atoms with E-state index in [0.29, 0.717) is 35.9 Å². The molecular weight excluding hydrogens is 542 g/mol. The molecule has 2 heterocycles. The Bertz CT molecular complexity index is 1540. The Morgan fingerprint density at radius 1 is 1.00 bits per heavy atom. The van der Waals surface area contributed by atoms with E-state index < -0.39 is 18.3 Å². The van der Waals surface area contributed by atoms with Crippen molar-refractivity contribution in [1.29, 1.82) is 0 Å². The van der Waals surface area contributed by atoms with Crippen molar-refractivity contribution in [3.63, 3.8) is 0 Å². The van der Waals surface area contributed by atoms with Crippen LogP contribution in [0.5, 0.6) is 5.75 Å². The number of aliphatic hydroxyl groups excluding tert-OH is 1. The van der Waals surface area contributed by atoms with Gasteiger partial charge in [-0.1, -0.05) is 74.2 Å². The first-order valence-electron chi connectivity index (χ1n) is 13.4. The number of fused-ring (bicyclic) bond motifs is 1. The molecule has 3 aromatic rings. The molecule has 0 radical (unpaired) electrons. The lowest BCUT2D eigenvalue weighted by molar-refractivity contribution is 0.0925. The zero-order valence-electron chi connectivity index (χ0n) is 23.0. The molecule has 1 atom stereocenters. The molecule has 0 unspecified atom stereocenters. The summed E-state index contributed by atoms with van der Waals surface area (Å²) in [7, 11) is -5.58. The quantitative estimate of drug-likeness (QED) is 0.340. The Morgan fingerprint density at radius 3 is 2.48 bits per heavy atom. The molecule has 3 aromatic carbocycles. The summed E-state index contributed by atoms with van der Waals surface area (Å²) in [6.07, 6.45) is 2.49. The number of amides is 1. The predicted octanol–water partition coefficient (Wildman–Crippen LogP) is 5.22. The number of benzene rings is 3. The smallest absolute Gasteiger partial charge is 0.332 e. The summed E-state index contributed by atoms with van der Waals surface area (Å²) in [5.41, 5.74) is 3.87. The molecule has 2 N–H and O–H groups in total. The van der Waals surface area contributed by atoms with Gasteiger partial charge in [0.25, 0.3) is 5.91 Å². The van der Waals surface area contributed by atoms with Crippen LogP contribution in [-0.4, -0.2) is 44.4 Å². The standard InChI is InChI=1S/C30H35N3O5SSi/c1-40(2,3)16-15-32-29(34)20-33(39(32,36)37)27-14-13-23(18-28(27)38-21-22-9-5-4-6-10-22)17-25-19-24-11-7-8-12-26(24)30(35)31-25/h4-14,18,20,25,34H,15-17,19,21H2,1-3H3,(H,31,35)/t25-/m1/s1. The largest absolute Gasteiger partial charge is 0.493 e. The van der Waals surface area contributed by atoms with Crippen molar-refractivity contribution in [2.45, 2.75) is 51.2 Å². The maximum Gasteiger partial charge on any atom is 0.332 e. The number of ether oxygens (including phenoxy) is 1. The predicted molar refractivity (Wildman–Crippen MR) is 159 cm³/mol. The second-order valence-electron chi connectivity index (χ2n) is 11.5. The van der Waals surface area contributed by atoms with E-state index >= 15 is 0 Å². The molecule has 0 aliphatic carbocycles. The summed E-state index contributed by atoms with van der Waals surface area (Å²) in [5, 5.41) is 13.7. The third kappa shape index (κ3) is 6.02. The maximum atomic E-state index is 13.6. The zero-order chi connectivity index (χ0) is 28.5. The van der Waals surface area contributed by atoms with Gasteiger partial charge in [0.1, 0.15) is 18.0 Å². The highest BCUT2D eigenvalue weighted by molar-refractivity contribution is 7.91. The lowest BCUT2D eigenvalue weighted by Gasteiger charge is -2.27. The van der Waals surface area contributed by atoms with Crippen LogP contribution in [0.2, 0.25) is 25.7 Å². The molecule has 8 nitrogen and oxygen atoms in total. The van der Waals surface area contributed by atoms with Crippen LogP contribution < -0.4 is 14.4 Å². The second-order valence-corrected chi connectivity index (χ2v) is 18.8. The molecule has 5 rings (SSSR count). The maximum absolute atomic E-state index is 13.6. The van der Waals surface area contributed by atoms with Crippen LogP contribution in [0.4, 0.5) is 5.69 Å². The molecule has 0 saturated heterocycles. The minimum atomic E-state index is -4.03. The lowest BCUT2D eigenvalue weighted by atomic mass is 9.91. The van der Waals surface area contributed by atoms with Crippen LogP contribution in [0, 0.1) is 0 Å². The molecule has 2 aliphatic rings. The molecule has 10 heteroatoms.